The summed E-state index contributed by atoms with van der Waals surface area (Å²) >= 11 is 0. The van der Waals surface area contributed by atoms with Gasteiger partial charge in [0.1, 0.15) is 22.2 Å². The van der Waals surface area contributed by atoms with Gasteiger partial charge in [-0.1, -0.05) is 5.16 Å². The Balaban J connectivity index is 2.32. The topological polar surface area (TPSA) is 116 Å². The lowest BCUT2D eigenvalue weighted by Crippen LogP contribution is -2.52. The third kappa shape index (κ3) is 3.23. The molecule has 1 aromatic heterocycles. The van der Waals surface area contributed by atoms with Crippen LogP contribution in [0.5, 0.6) is 0 Å². The number of nitriles is 1. The molecule has 1 atom stereocenters. The van der Waals surface area contributed by atoms with Gasteiger partial charge >= 0.3 is 0 Å². The van der Waals surface area contributed by atoms with Crippen molar-refractivity contribution in [3.63, 3.8) is 0 Å². The SMILES string of the molecule is Cc1noc(C)c1S(=O)(=O)N1CCC[C@H]1C(=O)NC(C)(C)C#N. The normalized spacial score (nSPS) is 19.5. The van der Waals surface area contributed by atoms with Crippen LogP contribution in [0.4, 0.5) is 0 Å². The Kier molecular flexibility index (Phi) is 4.50. The molecular formula is C14H20N4O4S. The second-order valence-corrected chi connectivity index (χ2v) is 7.98. The highest BCUT2D eigenvalue weighted by Crippen LogP contribution is 2.30. The molecule has 0 bridgehead atoms. The predicted octanol–water partition coefficient (Wildman–Crippen LogP) is 0.863. The van der Waals surface area contributed by atoms with Gasteiger partial charge in [-0.25, -0.2) is 8.42 Å². The van der Waals surface area contributed by atoms with E-state index in [1.807, 2.05) is 6.07 Å². The van der Waals surface area contributed by atoms with Gasteiger partial charge in [-0.3, -0.25) is 4.79 Å². The summed E-state index contributed by atoms with van der Waals surface area (Å²) in [5.41, 5.74) is -0.788. The summed E-state index contributed by atoms with van der Waals surface area (Å²) in [5.74, 6) is -0.268. The first-order valence-corrected chi connectivity index (χ1v) is 8.72. The minimum Gasteiger partial charge on any atom is -0.360 e. The summed E-state index contributed by atoms with van der Waals surface area (Å²) in [6.07, 6.45) is 0.990. The minimum absolute atomic E-state index is 0.0109. The fourth-order valence-electron chi connectivity index (χ4n) is 2.67. The van der Waals surface area contributed by atoms with Gasteiger partial charge in [-0.2, -0.15) is 9.57 Å². The number of carbonyl (C=O) groups excluding carboxylic acids is 1. The first-order valence-electron chi connectivity index (χ1n) is 7.28. The fourth-order valence-corrected chi connectivity index (χ4v) is 4.62. The maximum atomic E-state index is 12.9. The van der Waals surface area contributed by atoms with E-state index in [-0.39, 0.29) is 22.9 Å². The van der Waals surface area contributed by atoms with E-state index in [1.54, 1.807) is 20.8 Å². The van der Waals surface area contributed by atoms with Crippen molar-refractivity contribution in [2.75, 3.05) is 6.54 Å². The van der Waals surface area contributed by atoms with Crippen LogP contribution in [0.3, 0.4) is 0 Å². The van der Waals surface area contributed by atoms with E-state index in [0.717, 1.165) is 0 Å². The molecule has 0 saturated carbocycles. The molecule has 0 radical (unpaired) electrons. The van der Waals surface area contributed by atoms with Crippen LogP contribution in [0.2, 0.25) is 0 Å². The van der Waals surface area contributed by atoms with Gasteiger partial charge in [0.15, 0.2) is 5.76 Å². The molecule has 8 nitrogen and oxygen atoms in total. The smallest absolute Gasteiger partial charge is 0.249 e. The van der Waals surface area contributed by atoms with E-state index in [4.69, 9.17) is 9.78 Å². The highest BCUT2D eigenvalue weighted by atomic mass is 32.2. The Morgan fingerprint density at radius 3 is 2.65 bits per heavy atom. The average Bonchev–Trinajstić information content (AvgIpc) is 3.06. The summed E-state index contributed by atoms with van der Waals surface area (Å²) in [7, 11) is -3.88. The summed E-state index contributed by atoms with van der Waals surface area (Å²) in [6.45, 7) is 6.45. The van der Waals surface area contributed by atoms with Crippen molar-refractivity contribution < 1.29 is 17.7 Å². The van der Waals surface area contributed by atoms with Crippen molar-refractivity contribution in [3.8, 4) is 6.07 Å². The van der Waals surface area contributed by atoms with E-state index in [9.17, 15) is 13.2 Å². The molecule has 0 unspecified atom stereocenters. The number of aromatic nitrogens is 1. The van der Waals surface area contributed by atoms with Crippen molar-refractivity contribution in [1.29, 1.82) is 5.26 Å². The van der Waals surface area contributed by atoms with Crippen LogP contribution in [0.1, 0.15) is 38.1 Å². The molecule has 1 saturated heterocycles. The number of hydrogen-bond donors (Lipinski definition) is 1. The van der Waals surface area contributed by atoms with Crippen molar-refractivity contribution in [2.24, 2.45) is 0 Å². The number of nitrogens with zero attached hydrogens (tertiary/aromatic N) is 3. The maximum absolute atomic E-state index is 12.9. The molecule has 1 fully saturated rings. The van der Waals surface area contributed by atoms with Crippen LogP contribution in [-0.4, -0.2) is 41.9 Å². The minimum atomic E-state index is -3.88. The van der Waals surface area contributed by atoms with Crippen LogP contribution >= 0.6 is 0 Å². The summed E-state index contributed by atoms with van der Waals surface area (Å²) in [5, 5.41) is 15.3. The highest BCUT2D eigenvalue weighted by molar-refractivity contribution is 7.89. The summed E-state index contributed by atoms with van der Waals surface area (Å²) < 4.78 is 31.8. The van der Waals surface area contributed by atoms with Crippen LogP contribution in [-0.2, 0) is 14.8 Å². The average molecular weight is 340 g/mol. The van der Waals surface area contributed by atoms with Gasteiger partial charge < -0.3 is 9.84 Å². The van der Waals surface area contributed by atoms with E-state index >= 15 is 0 Å². The monoisotopic (exact) mass is 340 g/mol. The Morgan fingerprint density at radius 2 is 2.13 bits per heavy atom. The molecule has 0 aromatic carbocycles. The van der Waals surface area contributed by atoms with Crippen molar-refractivity contribution in [1.82, 2.24) is 14.8 Å². The van der Waals surface area contributed by atoms with Crippen LogP contribution in [0.25, 0.3) is 0 Å². The Hall–Kier alpha value is -1.92. The zero-order chi connectivity index (χ0) is 17.4. The molecule has 2 heterocycles. The lowest BCUT2D eigenvalue weighted by atomic mass is 10.1. The molecule has 9 heteroatoms. The second-order valence-electron chi connectivity index (χ2n) is 6.15. The van der Waals surface area contributed by atoms with Gasteiger partial charge in [0.2, 0.25) is 15.9 Å². The zero-order valence-corrected chi connectivity index (χ0v) is 14.4. The van der Waals surface area contributed by atoms with E-state index in [2.05, 4.69) is 10.5 Å². The number of amides is 1. The molecule has 2 rings (SSSR count). The maximum Gasteiger partial charge on any atom is 0.249 e. The number of sulfonamides is 1. The van der Waals surface area contributed by atoms with Gasteiger partial charge in [-0.05, 0) is 40.5 Å². The Bertz CT molecular complexity index is 741. The first kappa shape index (κ1) is 17.4. The first-order chi connectivity index (χ1) is 10.6. The van der Waals surface area contributed by atoms with Crippen LogP contribution in [0.15, 0.2) is 9.42 Å². The molecule has 126 valence electrons. The summed E-state index contributed by atoms with van der Waals surface area (Å²) in [4.78, 5) is 12.4. The van der Waals surface area contributed by atoms with Crippen molar-refractivity contribution in [2.45, 2.75) is 57.0 Å². The van der Waals surface area contributed by atoms with Crippen LogP contribution < -0.4 is 5.32 Å². The molecule has 1 aliphatic heterocycles. The Labute approximate surface area is 135 Å². The molecule has 1 amide bonds. The lowest BCUT2D eigenvalue weighted by molar-refractivity contribution is -0.125. The van der Waals surface area contributed by atoms with Gasteiger partial charge in [0.05, 0.1) is 6.07 Å². The number of nitrogens with one attached hydrogen (secondary N) is 1. The van der Waals surface area contributed by atoms with Gasteiger partial charge in [-0.15, -0.1) is 0 Å². The van der Waals surface area contributed by atoms with Crippen LogP contribution in [0, 0.1) is 25.2 Å². The van der Waals surface area contributed by atoms with E-state index < -0.39 is 27.5 Å². The van der Waals surface area contributed by atoms with E-state index in [1.165, 1.54) is 11.2 Å². The summed E-state index contributed by atoms with van der Waals surface area (Å²) in [6, 6.07) is 1.14. The largest absolute Gasteiger partial charge is 0.360 e. The van der Waals surface area contributed by atoms with E-state index in [0.29, 0.717) is 12.8 Å². The zero-order valence-electron chi connectivity index (χ0n) is 13.6. The number of carbonyl (C=O) groups is 1. The predicted molar refractivity (Wildman–Crippen MR) is 80.7 cm³/mol. The van der Waals surface area contributed by atoms with Gasteiger partial charge in [0, 0.05) is 6.54 Å². The fraction of sp³-hybridized carbons (Fsp3) is 0.643. The molecule has 1 aliphatic rings. The molecule has 1 N–H and O–H groups in total. The van der Waals surface area contributed by atoms with Crippen molar-refractivity contribution >= 4 is 15.9 Å². The number of hydrogen-bond acceptors (Lipinski definition) is 6. The second kappa shape index (κ2) is 5.94. The Morgan fingerprint density at radius 1 is 1.48 bits per heavy atom. The standard InChI is InChI=1S/C14H20N4O4S/c1-9-12(10(2)22-17-9)23(20,21)18-7-5-6-11(18)13(19)16-14(3,4)8-15/h11H,5-7H2,1-4H3,(H,16,19)/t11-/m0/s1. The molecule has 1 aromatic rings. The molecule has 0 aliphatic carbocycles. The number of aryl methyl sites for hydroxylation is 2. The highest BCUT2D eigenvalue weighted by Gasteiger charge is 2.42. The molecule has 0 spiro atoms. The number of rotatable bonds is 4. The quantitative estimate of drug-likeness (QED) is 0.869. The molecule has 23 heavy (non-hydrogen) atoms. The lowest BCUT2D eigenvalue weighted by Gasteiger charge is -2.26. The third-order valence-electron chi connectivity index (χ3n) is 3.76. The van der Waals surface area contributed by atoms with Crippen molar-refractivity contribution in [3.05, 3.63) is 11.5 Å². The molecular weight excluding hydrogens is 320 g/mol. The third-order valence-corrected chi connectivity index (χ3v) is 5.91. The van der Waals surface area contributed by atoms with Gasteiger partial charge in [0.25, 0.3) is 0 Å².